The standard InChI is InChI=1S/C10H12O6S.ClH/c1-15-8-3-2-4-9(7-8)17(13,14)6-5-10(11)16-12;/h2-4,7,12H,5-6H2,1H3;1H. The molecule has 1 aromatic rings. The van der Waals surface area contributed by atoms with Crippen molar-refractivity contribution in [2.75, 3.05) is 12.9 Å². The molecule has 0 bridgehead atoms. The largest absolute Gasteiger partial charge is 0.497 e. The van der Waals surface area contributed by atoms with E-state index >= 15 is 0 Å². The van der Waals surface area contributed by atoms with Gasteiger partial charge in [0.2, 0.25) is 0 Å². The lowest BCUT2D eigenvalue weighted by molar-refractivity contribution is -0.233. The fourth-order valence-electron chi connectivity index (χ4n) is 1.18. The summed E-state index contributed by atoms with van der Waals surface area (Å²) in [4.78, 5) is 14.1. The molecule has 0 aliphatic carbocycles. The predicted molar refractivity (Wildman–Crippen MR) is 65.6 cm³/mol. The van der Waals surface area contributed by atoms with Gasteiger partial charge in [-0.25, -0.2) is 13.2 Å². The third kappa shape index (κ3) is 4.52. The summed E-state index contributed by atoms with van der Waals surface area (Å²) in [6.45, 7) is 0. The van der Waals surface area contributed by atoms with Crippen LogP contribution in [0.3, 0.4) is 0 Å². The second-order valence-electron chi connectivity index (χ2n) is 3.21. The zero-order valence-electron chi connectivity index (χ0n) is 9.53. The van der Waals surface area contributed by atoms with Crippen LogP contribution >= 0.6 is 12.4 Å². The van der Waals surface area contributed by atoms with Gasteiger partial charge >= 0.3 is 5.97 Å². The Bertz CT molecular complexity index is 499. The number of rotatable bonds is 5. The number of hydrogen-bond acceptors (Lipinski definition) is 6. The molecule has 0 aromatic heterocycles. The smallest absolute Gasteiger partial charge is 0.343 e. The Morgan fingerprint density at radius 3 is 2.61 bits per heavy atom. The van der Waals surface area contributed by atoms with Gasteiger partial charge in [-0.3, -0.25) is 0 Å². The van der Waals surface area contributed by atoms with Crippen molar-refractivity contribution in [1.29, 1.82) is 0 Å². The normalized spacial score (nSPS) is 10.3. The van der Waals surface area contributed by atoms with E-state index in [9.17, 15) is 13.2 Å². The minimum atomic E-state index is -3.59. The van der Waals surface area contributed by atoms with Crippen molar-refractivity contribution in [1.82, 2.24) is 0 Å². The zero-order chi connectivity index (χ0) is 12.9. The van der Waals surface area contributed by atoms with Gasteiger partial charge in [-0.05, 0) is 18.2 Å². The maximum Gasteiger partial charge on any atom is 0.343 e. The number of carbonyl (C=O) groups is 1. The molecule has 1 aromatic carbocycles. The molecule has 0 aliphatic heterocycles. The van der Waals surface area contributed by atoms with Crippen LogP contribution in [0.25, 0.3) is 0 Å². The van der Waals surface area contributed by atoms with E-state index < -0.39 is 28.0 Å². The Hall–Kier alpha value is -1.31. The fraction of sp³-hybridized carbons (Fsp3) is 0.300. The van der Waals surface area contributed by atoms with Crippen molar-refractivity contribution in [3.63, 3.8) is 0 Å². The van der Waals surface area contributed by atoms with E-state index in [1.807, 2.05) is 0 Å². The summed E-state index contributed by atoms with van der Waals surface area (Å²) in [5.74, 6) is -1.01. The number of benzene rings is 1. The van der Waals surface area contributed by atoms with Crippen LogP contribution in [0.4, 0.5) is 0 Å². The van der Waals surface area contributed by atoms with Crippen molar-refractivity contribution in [2.45, 2.75) is 11.3 Å². The minimum absolute atomic E-state index is 0. The molecule has 1 rings (SSSR count). The fourth-order valence-corrected chi connectivity index (χ4v) is 2.43. The summed E-state index contributed by atoms with van der Waals surface area (Å²) in [6.07, 6.45) is -0.407. The van der Waals surface area contributed by atoms with Gasteiger partial charge in [0.25, 0.3) is 0 Å². The molecule has 0 saturated carbocycles. The summed E-state index contributed by atoms with van der Waals surface area (Å²) in [6, 6.07) is 5.92. The van der Waals surface area contributed by atoms with Gasteiger partial charge in [0.05, 0.1) is 24.2 Å². The molecule has 0 radical (unpaired) electrons. The highest BCUT2D eigenvalue weighted by Gasteiger charge is 2.17. The van der Waals surface area contributed by atoms with Gasteiger partial charge in [-0.2, -0.15) is 5.26 Å². The molecule has 0 spiro atoms. The van der Waals surface area contributed by atoms with E-state index in [4.69, 9.17) is 9.99 Å². The quantitative estimate of drug-likeness (QED) is 0.650. The molecule has 0 heterocycles. The van der Waals surface area contributed by atoms with Gasteiger partial charge < -0.3 is 9.62 Å². The second-order valence-corrected chi connectivity index (χ2v) is 5.32. The van der Waals surface area contributed by atoms with Gasteiger partial charge in [0, 0.05) is 0 Å². The summed E-state index contributed by atoms with van der Waals surface area (Å²) in [5, 5.41) is 8.02. The second kappa shape index (κ2) is 7.20. The maximum absolute atomic E-state index is 11.8. The van der Waals surface area contributed by atoms with Crippen LogP contribution in [0.1, 0.15) is 6.42 Å². The first-order valence-electron chi connectivity index (χ1n) is 4.70. The number of hydrogen-bond donors (Lipinski definition) is 1. The molecule has 102 valence electrons. The van der Waals surface area contributed by atoms with Crippen molar-refractivity contribution >= 4 is 28.2 Å². The molecule has 0 unspecified atom stereocenters. The van der Waals surface area contributed by atoms with Gasteiger partial charge in [0.15, 0.2) is 9.84 Å². The Morgan fingerprint density at radius 1 is 1.39 bits per heavy atom. The topological polar surface area (TPSA) is 89.9 Å². The third-order valence-electron chi connectivity index (χ3n) is 2.08. The lowest BCUT2D eigenvalue weighted by Crippen LogP contribution is -2.12. The lowest BCUT2D eigenvalue weighted by Gasteiger charge is -2.05. The molecule has 0 aliphatic rings. The van der Waals surface area contributed by atoms with E-state index in [0.717, 1.165) is 0 Å². The summed E-state index contributed by atoms with van der Waals surface area (Å²) in [5.41, 5.74) is 0. The summed E-state index contributed by atoms with van der Waals surface area (Å²) in [7, 11) is -2.16. The molecule has 0 amide bonds. The van der Waals surface area contributed by atoms with Crippen LogP contribution in [-0.4, -0.2) is 32.5 Å². The van der Waals surface area contributed by atoms with E-state index in [2.05, 4.69) is 4.89 Å². The highest BCUT2D eigenvalue weighted by molar-refractivity contribution is 7.91. The van der Waals surface area contributed by atoms with Crippen LogP contribution < -0.4 is 4.74 Å². The number of sulfone groups is 1. The van der Waals surface area contributed by atoms with E-state index in [0.29, 0.717) is 5.75 Å². The van der Waals surface area contributed by atoms with E-state index in [1.165, 1.54) is 25.3 Å². The molecular weight excluding hydrogens is 284 g/mol. The predicted octanol–water partition coefficient (Wildman–Crippen LogP) is 1.30. The third-order valence-corrected chi connectivity index (χ3v) is 3.79. The van der Waals surface area contributed by atoms with Gasteiger partial charge in [-0.1, -0.05) is 6.07 Å². The van der Waals surface area contributed by atoms with Crippen LogP contribution in [0, 0.1) is 0 Å². The average molecular weight is 297 g/mol. The monoisotopic (exact) mass is 296 g/mol. The molecule has 18 heavy (non-hydrogen) atoms. The van der Waals surface area contributed by atoms with Crippen LogP contribution in [0.15, 0.2) is 29.2 Å². The van der Waals surface area contributed by atoms with Crippen LogP contribution in [0.2, 0.25) is 0 Å². The van der Waals surface area contributed by atoms with Crippen LogP contribution in [0.5, 0.6) is 5.75 Å². The number of carbonyl (C=O) groups excluding carboxylic acids is 1. The minimum Gasteiger partial charge on any atom is -0.497 e. The maximum atomic E-state index is 11.8. The Labute approximate surface area is 111 Å². The number of ether oxygens (including phenoxy) is 1. The van der Waals surface area contributed by atoms with Crippen molar-refractivity contribution in [3.05, 3.63) is 24.3 Å². The Kier molecular flexibility index (Phi) is 6.67. The first kappa shape index (κ1) is 16.7. The SMILES string of the molecule is COc1cccc(S(=O)(=O)CCC(=O)OO)c1.Cl. The number of methoxy groups -OCH3 is 1. The molecule has 1 N–H and O–H groups in total. The van der Waals surface area contributed by atoms with Crippen molar-refractivity contribution in [3.8, 4) is 5.75 Å². The molecule has 6 nitrogen and oxygen atoms in total. The molecule has 0 atom stereocenters. The summed E-state index contributed by atoms with van der Waals surface area (Å²) < 4.78 is 28.5. The summed E-state index contributed by atoms with van der Waals surface area (Å²) >= 11 is 0. The zero-order valence-corrected chi connectivity index (χ0v) is 11.2. The Morgan fingerprint density at radius 2 is 2.06 bits per heavy atom. The number of halogens is 1. The van der Waals surface area contributed by atoms with Gasteiger partial charge in [0.1, 0.15) is 5.75 Å². The van der Waals surface area contributed by atoms with Crippen molar-refractivity contribution in [2.24, 2.45) is 0 Å². The first-order chi connectivity index (χ1) is 7.99. The van der Waals surface area contributed by atoms with Crippen LogP contribution in [-0.2, 0) is 19.5 Å². The molecule has 0 saturated heterocycles. The average Bonchev–Trinajstić information content (AvgIpc) is 2.36. The van der Waals surface area contributed by atoms with E-state index in [1.54, 1.807) is 6.07 Å². The lowest BCUT2D eigenvalue weighted by atomic mass is 10.3. The highest BCUT2D eigenvalue weighted by Crippen LogP contribution is 2.18. The van der Waals surface area contributed by atoms with E-state index in [-0.39, 0.29) is 17.3 Å². The first-order valence-corrected chi connectivity index (χ1v) is 6.36. The van der Waals surface area contributed by atoms with Gasteiger partial charge in [-0.15, -0.1) is 12.4 Å². The molecular formula is C10H13ClO6S. The molecule has 8 heteroatoms. The Balaban J connectivity index is 0.00000289. The molecule has 0 fully saturated rings. The van der Waals surface area contributed by atoms with Crippen molar-refractivity contribution < 1.29 is 28.1 Å². The highest BCUT2D eigenvalue weighted by atomic mass is 35.5.